The Morgan fingerprint density at radius 3 is 2.69 bits per heavy atom. The molecule has 0 radical (unpaired) electrons. The molecule has 184 valence electrons. The Balaban J connectivity index is 1.68. The van der Waals surface area contributed by atoms with Crippen LogP contribution in [0.25, 0.3) is 11.3 Å². The van der Waals surface area contributed by atoms with Crippen molar-refractivity contribution in [1.29, 1.82) is 0 Å². The quantitative estimate of drug-likeness (QED) is 0.473. The van der Waals surface area contributed by atoms with Crippen LogP contribution in [-0.4, -0.2) is 39.2 Å². The second-order valence-electron chi connectivity index (χ2n) is 10.4. The van der Waals surface area contributed by atoms with E-state index in [0.717, 1.165) is 29.1 Å². The van der Waals surface area contributed by atoms with Gasteiger partial charge in [0.1, 0.15) is 18.1 Å². The van der Waals surface area contributed by atoms with Crippen molar-refractivity contribution in [2.24, 2.45) is 5.41 Å². The molecule has 0 aliphatic carbocycles. The summed E-state index contributed by atoms with van der Waals surface area (Å²) < 4.78 is 6.21. The maximum Gasteiger partial charge on any atom is 0.407 e. The summed E-state index contributed by atoms with van der Waals surface area (Å²) in [6, 6.07) is 14.4. The van der Waals surface area contributed by atoms with E-state index in [2.05, 4.69) is 56.9 Å². The standard InChI is InChI=1S/C29H35N3O3/c1-6-20-11-13-30-23(15-20)18-35-26-10-7-19(2)31-27(26)22-8-9-24-21(16-22)12-14-32(28(33)34)17-25(24)29(3,4)5/h7-11,13,15-16,25H,6,12,14,17-18H2,1-5H3,(H,33,34). The Kier molecular flexibility index (Phi) is 7.10. The van der Waals surface area contributed by atoms with Gasteiger partial charge in [-0.15, -0.1) is 0 Å². The fourth-order valence-electron chi connectivity index (χ4n) is 4.73. The summed E-state index contributed by atoms with van der Waals surface area (Å²) >= 11 is 0. The fraction of sp³-hybridized carbons (Fsp3) is 0.414. The van der Waals surface area contributed by atoms with E-state index in [1.165, 1.54) is 16.7 Å². The summed E-state index contributed by atoms with van der Waals surface area (Å²) in [7, 11) is 0. The summed E-state index contributed by atoms with van der Waals surface area (Å²) in [5.41, 5.74) is 7.15. The van der Waals surface area contributed by atoms with Gasteiger partial charge in [0.25, 0.3) is 0 Å². The summed E-state index contributed by atoms with van der Waals surface area (Å²) in [5, 5.41) is 9.71. The molecular weight excluding hydrogens is 438 g/mol. The van der Waals surface area contributed by atoms with Crippen LogP contribution in [0.2, 0.25) is 0 Å². The predicted octanol–water partition coefficient (Wildman–Crippen LogP) is 6.26. The number of carboxylic acid groups (broad SMARTS) is 1. The first-order valence-electron chi connectivity index (χ1n) is 12.3. The third-order valence-corrected chi connectivity index (χ3v) is 6.82. The van der Waals surface area contributed by atoms with E-state index in [9.17, 15) is 9.90 Å². The molecule has 0 fully saturated rings. The molecule has 1 aliphatic heterocycles. The maximum atomic E-state index is 11.8. The van der Waals surface area contributed by atoms with Crippen LogP contribution in [0.1, 0.15) is 61.7 Å². The number of pyridine rings is 2. The van der Waals surface area contributed by atoms with Gasteiger partial charge in [-0.3, -0.25) is 4.98 Å². The van der Waals surface area contributed by atoms with E-state index in [4.69, 9.17) is 9.72 Å². The molecule has 1 unspecified atom stereocenters. The number of aryl methyl sites for hydroxylation is 2. The second-order valence-corrected chi connectivity index (χ2v) is 10.4. The number of benzene rings is 1. The third-order valence-electron chi connectivity index (χ3n) is 6.82. The van der Waals surface area contributed by atoms with Gasteiger partial charge in [0.15, 0.2) is 0 Å². The van der Waals surface area contributed by atoms with Crippen molar-refractivity contribution < 1.29 is 14.6 Å². The molecule has 2 aromatic heterocycles. The number of ether oxygens (including phenoxy) is 1. The van der Waals surface area contributed by atoms with Crippen LogP contribution < -0.4 is 4.74 Å². The molecule has 3 heterocycles. The van der Waals surface area contributed by atoms with Crippen LogP contribution in [0.4, 0.5) is 4.79 Å². The number of rotatable bonds is 5. The van der Waals surface area contributed by atoms with Crippen LogP contribution in [0.15, 0.2) is 48.7 Å². The van der Waals surface area contributed by atoms with E-state index >= 15 is 0 Å². The monoisotopic (exact) mass is 473 g/mol. The minimum atomic E-state index is -0.857. The van der Waals surface area contributed by atoms with E-state index in [-0.39, 0.29) is 11.3 Å². The molecule has 35 heavy (non-hydrogen) atoms. The van der Waals surface area contributed by atoms with E-state index in [1.807, 2.05) is 31.3 Å². The summed E-state index contributed by atoms with van der Waals surface area (Å²) in [5.74, 6) is 0.829. The molecule has 6 nitrogen and oxygen atoms in total. The molecule has 1 N–H and O–H groups in total. The molecular formula is C29H35N3O3. The lowest BCUT2D eigenvalue weighted by molar-refractivity contribution is 0.135. The lowest BCUT2D eigenvalue weighted by atomic mass is 9.75. The first-order chi connectivity index (χ1) is 16.7. The van der Waals surface area contributed by atoms with Crippen molar-refractivity contribution in [3.63, 3.8) is 0 Å². The highest BCUT2D eigenvalue weighted by Gasteiger charge is 2.33. The Bertz CT molecular complexity index is 1220. The second kappa shape index (κ2) is 10.1. The van der Waals surface area contributed by atoms with Gasteiger partial charge in [0, 0.05) is 36.5 Å². The highest BCUT2D eigenvalue weighted by atomic mass is 16.5. The van der Waals surface area contributed by atoms with Gasteiger partial charge in [-0.2, -0.15) is 0 Å². The number of nitrogens with zero attached hydrogens (tertiary/aromatic N) is 3. The minimum Gasteiger partial charge on any atom is -0.485 e. The van der Waals surface area contributed by atoms with Gasteiger partial charge in [-0.05, 0) is 72.2 Å². The molecule has 0 spiro atoms. The molecule has 1 amide bonds. The number of hydrogen-bond acceptors (Lipinski definition) is 4. The van der Waals surface area contributed by atoms with Gasteiger partial charge in [-0.25, -0.2) is 9.78 Å². The van der Waals surface area contributed by atoms with Gasteiger partial charge in [0.2, 0.25) is 0 Å². The fourth-order valence-corrected chi connectivity index (χ4v) is 4.73. The minimum absolute atomic E-state index is 0.0653. The molecule has 0 saturated heterocycles. The van der Waals surface area contributed by atoms with Crippen LogP contribution in [0.3, 0.4) is 0 Å². The SMILES string of the molecule is CCc1ccnc(COc2ccc(C)nc2-c2ccc3c(c2)CCN(C(=O)O)CC3C(C)(C)C)c1. The van der Waals surface area contributed by atoms with Crippen LogP contribution in [0.5, 0.6) is 5.75 Å². The van der Waals surface area contributed by atoms with E-state index < -0.39 is 6.09 Å². The Labute approximate surface area is 208 Å². The Hall–Kier alpha value is -3.41. The first-order valence-corrected chi connectivity index (χ1v) is 12.3. The molecule has 1 aliphatic rings. The highest BCUT2D eigenvalue weighted by molar-refractivity contribution is 5.69. The molecule has 0 saturated carbocycles. The summed E-state index contributed by atoms with van der Waals surface area (Å²) in [6.07, 6.45) is 2.60. The average molecular weight is 474 g/mol. The highest BCUT2D eigenvalue weighted by Crippen LogP contribution is 2.41. The van der Waals surface area contributed by atoms with Crippen LogP contribution in [-0.2, 0) is 19.4 Å². The van der Waals surface area contributed by atoms with Gasteiger partial charge in [-0.1, -0.05) is 39.8 Å². The van der Waals surface area contributed by atoms with Gasteiger partial charge < -0.3 is 14.7 Å². The molecule has 1 atom stereocenters. The summed E-state index contributed by atoms with van der Waals surface area (Å²) in [4.78, 5) is 22.6. The first kappa shape index (κ1) is 24.7. The normalized spacial score (nSPS) is 15.9. The number of fused-ring (bicyclic) bond motifs is 1. The topological polar surface area (TPSA) is 75.6 Å². The number of aromatic nitrogens is 2. The van der Waals surface area contributed by atoms with Gasteiger partial charge in [0.05, 0.1) is 5.69 Å². The Morgan fingerprint density at radius 2 is 1.97 bits per heavy atom. The number of hydrogen-bond donors (Lipinski definition) is 1. The lowest BCUT2D eigenvalue weighted by Gasteiger charge is -2.33. The van der Waals surface area contributed by atoms with E-state index in [0.29, 0.717) is 31.9 Å². The van der Waals surface area contributed by atoms with E-state index in [1.54, 1.807) is 4.90 Å². The number of carbonyl (C=O) groups is 1. The number of amides is 1. The zero-order chi connectivity index (χ0) is 25.2. The molecule has 0 bridgehead atoms. The molecule has 4 rings (SSSR count). The summed E-state index contributed by atoms with van der Waals surface area (Å²) in [6.45, 7) is 12.0. The largest absolute Gasteiger partial charge is 0.485 e. The smallest absolute Gasteiger partial charge is 0.407 e. The zero-order valence-corrected chi connectivity index (χ0v) is 21.3. The Morgan fingerprint density at radius 1 is 1.17 bits per heavy atom. The van der Waals surface area contributed by atoms with Crippen molar-refractivity contribution in [2.45, 2.75) is 60.0 Å². The van der Waals surface area contributed by atoms with Crippen molar-refractivity contribution in [3.8, 4) is 17.0 Å². The molecule has 6 heteroatoms. The third kappa shape index (κ3) is 5.64. The average Bonchev–Trinajstić information content (AvgIpc) is 3.03. The van der Waals surface area contributed by atoms with Crippen LogP contribution >= 0.6 is 0 Å². The van der Waals surface area contributed by atoms with Crippen molar-refractivity contribution in [1.82, 2.24) is 14.9 Å². The lowest BCUT2D eigenvalue weighted by Crippen LogP contribution is -2.36. The van der Waals surface area contributed by atoms with Gasteiger partial charge >= 0.3 is 6.09 Å². The van der Waals surface area contributed by atoms with Crippen molar-refractivity contribution in [3.05, 3.63) is 76.7 Å². The predicted molar refractivity (Wildman–Crippen MR) is 138 cm³/mol. The van der Waals surface area contributed by atoms with Crippen LogP contribution in [0, 0.1) is 12.3 Å². The van der Waals surface area contributed by atoms with Crippen molar-refractivity contribution >= 4 is 6.09 Å². The maximum absolute atomic E-state index is 11.8. The zero-order valence-electron chi connectivity index (χ0n) is 21.3. The molecule has 1 aromatic carbocycles. The molecule has 3 aromatic rings. The van der Waals surface area contributed by atoms with Crippen molar-refractivity contribution in [2.75, 3.05) is 13.1 Å².